The molecule has 0 bridgehead atoms. The fraction of sp³-hybridized carbons (Fsp3) is 0.500. The summed E-state index contributed by atoms with van der Waals surface area (Å²) in [5.41, 5.74) is 0.342. The zero-order valence-electron chi connectivity index (χ0n) is 12.2. The summed E-state index contributed by atoms with van der Waals surface area (Å²) in [4.78, 5) is 11.9. The van der Waals surface area contributed by atoms with Gasteiger partial charge in [-0.15, -0.1) is 0 Å². The van der Waals surface area contributed by atoms with Gasteiger partial charge in [0.2, 0.25) is 0 Å². The SMILES string of the molecule is O=c1onc(Cc2c(F)cccc2Cl)n1CC1CCCCC1. The Labute approximate surface area is 132 Å². The van der Waals surface area contributed by atoms with Crippen molar-refractivity contribution in [1.82, 2.24) is 9.72 Å². The maximum absolute atomic E-state index is 13.9. The summed E-state index contributed by atoms with van der Waals surface area (Å²) >= 11 is 6.04. The van der Waals surface area contributed by atoms with Gasteiger partial charge >= 0.3 is 5.76 Å². The van der Waals surface area contributed by atoms with Crippen LogP contribution in [0, 0.1) is 11.7 Å². The third-order valence-corrected chi connectivity index (χ3v) is 4.68. The van der Waals surface area contributed by atoms with Crippen LogP contribution in [-0.4, -0.2) is 9.72 Å². The van der Waals surface area contributed by atoms with E-state index in [9.17, 15) is 9.18 Å². The molecule has 0 saturated heterocycles. The molecule has 118 valence electrons. The predicted octanol–water partition coefficient (Wildman–Crippen LogP) is 3.80. The predicted molar refractivity (Wildman–Crippen MR) is 81.6 cm³/mol. The normalized spacial score (nSPS) is 16.1. The summed E-state index contributed by atoms with van der Waals surface area (Å²) < 4.78 is 20.2. The average molecular weight is 325 g/mol. The van der Waals surface area contributed by atoms with Gasteiger partial charge in [-0.2, -0.15) is 0 Å². The fourth-order valence-corrected chi connectivity index (χ4v) is 3.32. The van der Waals surface area contributed by atoms with Crippen LogP contribution < -0.4 is 5.76 Å². The number of benzene rings is 1. The van der Waals surface area contributed by atoms with Gasteiger partial charge in [0.1, 0.15) is 5.82 Å². The Morgan fingerprint density at radius 1 is 1.32 bits per heavy atom. The molecule has 1 aliphatic carbocycles. The number of hydrogen-bond donors (Lipinski definition) is 0. The highest BCUT2D eigenvalue weighted by Crippen LogP contribution is 2.26. The monoisotopic (exact) mass is 324 g/mol. The molecule has 0 spiro atoms. The lowest BCUT2D eigenvalue weighted by Gasteiger charge is -2.21. The Morgan fingerprint density at radius 2 is 2.09 bits per heavy atom. The minimum Gasteiger partial charge on any atom is -0.296 e. The second-order valence-corrected chi connectivity index (χ2v) is 6.26. The molecule has 1 fully saturated rings. The summed E-state index contributed by atoms with van der Waals surface area (Å²) in [5, 5.41) is 4.14. The molecule has 1 heterocycles. The molecule has 3 rings (SSSR count). The van der Waals surface area contributed by atoms with Crippen molar-refractivity contribution in [2.75, 3.05) is 0 Å². The van der Waals surface area contributed by atoms with Crippen LogP contribution in [0.4, 0.5) is 4.39 Å². The van der Waals surface area contributed by atoms with Crippen molar-refractivity contribution in [3.63, 3.8) is 0 Å². The van der Waals surface area contributed by atoms with Gasteiger partial charge in [0.25, 0.3) is 0 Å². The zero-order valence-corrected chi connectivity index (χ0v) is 13.0. The summed E-state index contributed by atoms with van der Waals surface area (Å²) in [6, 6.07) is 4.54. The van der Waals surface area contributed by atoms with Crippen LogP contribution in [0.2, 0.25) is 5.02 Å². The van der Waals surface area contributed by atoms with Crippen molar-refractivity contribution < 1.29 is 8.91 Å². The van der Waals surface area contributed by atoms with Gasteiger partial charge in [-0.3, -0.25) is 9.09 Å². The van der Waals surface area contributed by atoms with Crippen molar-refractivity contribution in [3.05, 3.63) is 51.0 Å². The Morgan fingerprint density at radius 3 is 2.82 bits per heavy atom. The highest BCUT2D eigenvalue weighted by Gasteiger charge is 2.20. The molecular weight excluding hydrogens is 307 g/mol. The number of nitrogens with zero attached hydrogens (tertiary/aromatic N) is 2. The van der Waals surface area contributed by atoms with Crippen molar-refractivity contribution in [2.45, 2.75) is 45.1 Å². The molecule has 1 saturated carbocycles. The van der Waals surface area contributed by atoms with E-state index in [1.54, 1.807) is 12.1 Å². The third kappa shape index (κ3) is 3.24. The van der Waals surface area contributed by atoms with E-state index in [-0.39, 0.29) is 6.42 Å². The van der Waals surface area contributed by atoms with Crippen LogP contribution in [0.25, 0.3) is 0 Å². The third-order valence-electron chi connectivity index (χ3n) is 4.32. The topological polar surface area (TPSA) is 48.0 Å². The Kier molecular flexibility index (Phi) is 4.62. The Hall–Kier alpha value is -1.62. The number of halogens is 2. The van der Waals surface area contributed by atoms with E-state index < -0.39 is 11.6 Å². The van der Waals surface area contributed by atoms with Gasteiger partial charge < -0.3 is 0 Å². The van der Waals surface area contributed by atoms with E-state index in [1.807, 2.05) is 0 Å². The molecule has 0 unspecified atom stereocenters. The minimum absolute atomic E-state index is 0.157. The number of hydrogen-bond acceptors (Lipinski definition) is 3. The van der Waals surface area contributed by atoms with Crippen LogP contribution in [0.1, 0.15) is 43.5 Å². The van der Waals surface area contributed by atoms with Crippen molar-refractivity contribution in [3.8, 4) is 0 Å². The number of aromatic nitrogens is 2. The second-order valence-electron chi connectivity index (χ2n) is 5.86. The first-order valence-electron chi connectivity index (χ1n) is 7.63. The van der Waals surface area contributed by atoms with E-state index in [4.69, 9.17) is 16.1 Å². The fourth-order valence-electron chi connectivity index (χ4n) is 3.09. The van der Waals surface area contributed by atoms with Crippen molar-refractivity contribution >= 4 is 11.6 Å². The molecule has 0 aliphatic heterocycles. The molecule has 2 aromatic rings. The van der Waals surface area contributed by atoms with Crippen LogP contribution in [0.3, 0.4) is 0 Å². The maximum atomic E-state index is 13.9. The van der Waals surface area contributed by atoms with Crippen LogP contribution in [0.15, 0.2) is 27.5 Å². The average Bonchev–Trinajstić information content (AvgIpc) is 2.85. The van der Waals surface area contributed by atoms with E-state index in [1.165, 1.54) is 29.9 Å². The minimum atomic E-state index is -0.479. The van der Waals surface area contributed by atoms with Gasteiger partial charge in [0.15, 0.2) is 5.82 Å². The molecule has 6 heteroatoms. The molecule has 0 amide bonds. The highest BCUT2D eigenvalue weighted by atomic mass is 35.5. The summed E-state index contributed by atoms with van der Waals surface area (Å²) in [6.45, 7) is 0.587. The smallest absolute Gasteiger partial charge is 0.296 e. The maximum Gasteiger partial charge on any atom is 0.441 e. The zero-order chi connectivity index (χ0) is 15.5. The Bertz CT molecular complexity index is 684. The quantitative estimate of drug-likeness (QED) is 0.859. The van der Waals surface area contributed by atoms with Gasteiger partial charge in [-0.05, 0) is 30.9 Å². The highest BCUT2D eigenvalue weighted by molar-refractivity contribution is 6.31. The first kappa shape index (κ1) is 15.3. The van der Waals surface area contributed by atoms with Crippen molar-refractivity contribution in [2.24, 2.45) is 5.92 Å². The molecule has 0 radical (unpaired) electrons. The molecule has 4 nitrogen and oxygen atoms in total. The van der Waals surface area contributed by atoms with Gasteiger partial charge in [-0.25, -0.2) is 9.18 Å². The standard InChI is InChI=1S/C16H18ClFN2O2/c17-13-7-4-8-14(18)12(13)9-15-19-22-16(21)20(15)10-11-5-2-1-3-6-11/h4,7-8,11H,1-3,5-6,9-10H2. The number of rotatable bonds is 4. The first-order chi connectivity index (χ1) is 10.6. The van der Waals surface area contributed by atoms with Gasteiger partial charge in [0, 0.05) is 23.6 Å². The molecule has 0 N–H and O–H groups in total. The lowest BCUT2D eigenvalue weighted by molar-refractivity contribution is 0.303. The summed E-state index contributed by atoms with van der Waals surface area (Å²) in [6.07, 6.45) is 6.02. The summed E-state index contributed by atoms with van der Waals surface area (Å²) in [7, 11) is 0. The molecule has 0 atom stereocenters. The Balaban J connectivity index is 1.84. The largest absolute Gasteiger partial charge is 0.441 e. The van der Waals surface area contributed by atoms with Crippen LogP contribution in [-0.2, 0) is 13.0 Å². The molecule has 1 aliphatic rings. The van der Waals surface area contributed by atoms with E-state index in [0.29, 0.717) is 28.9 Å². The van der Waals surface area contributed by atoms with E-state index in [2.05, 4.69) is 5.16 Å². The molecule has 1 aromatic heterocycles. The second kappa shape index (κ2) is 6.65. The lowest BCUT2D eigenvalue weighted by atomic mass is 9.89. The van der Waals surface area contributed by atoms with Gasteiger partial charge in [0.05, 0.1) is 0 Å². The van der Waals surface area contributed by atoms with Crippen LogP contribution >= 0.6 is 11.6 Å². The molecular formula is C16H18ClFN2O2. The molecule has 1 aromatic carbocycles. The molecule has 22 heavy (non-hydrogen) atoms. The summed E-state index contributed by atoms with van der Waals surface area (Å²) in [5.74, 6) is 0.0171. The van der Waals surface area contributed by atoms with E-state index >= 15 is 0 Å². The first-order valence-corrected chi connectivity index (χ1v) is 8.01. The van der Waals surface area contributed by atoms with Gasteiger partial charge in [-0.1, -0.05) is 42.1 Å². The van der Waals surface area contributed by atoms with Crippen LogP contribution in [0.5, 0.6) is 0 Å². The lowest BCUT2D eigenvalue weighted by Crippen LogP contribution is -2.24. The van der Waals surface area contributed by atoms with Crippen molar-refractivity contribution in [1.29, 1.82) is 0 Å². The van der Waals surface area contributed by atoms with E-state index in [0.717, 1.165) is 12.8 Å².